The molecular formula is C6H10N2O. The second-order valence-corrected chi connectivity index (χ2v) is 2.11. The van der Waals surface area contributed by atoms with Crippen molar-refractivity contribution in [1.29, 1.82) is 0 Å². The Labute approximate surface area is 54.0 Å². The molecule has 0 saturated carbocycles. The summed E-state index contributed by atoms with van der Waals surface area (Å²) in [7, 11) is 0. The van der Waals surface area contributed by atoms with Gasteiger partial charge in [-0.3, -0.25) is 0 Å². The van der Waals surface area contributed by atoms with Crippen molar-refractivity contribution in [2.24, 2.45) is 0 Å². The molecule has 0 unspecified atom stereocenters. The zero-order valence-electron chi connectivity index (χ0n) is 5.36. The third-order valence-electron chi connectivity index (χ3n) is 1.03. The second kappa shape index (κ2) is 2.64. The third kappa shape index (κ3) is 1.85. The maximum absolute atomic E-state index is 8.88. The molecule has 0 fully saturated rings. The Morgan fingerprint density at radius 2 is 2.56 bits per heavy atom. The molecule has 1 N–H and O–H groups in total. The maximum Gasteiger partial charge on any atom is 0.0946 e. The summed E-state index contributed by atoms with van der Waals surface area (Å²) in [6.45, 7) is 2.38. The molecule has 3 nitrogen and oxygen atoms in total. The van der Waals surface area contributed by atoms with Crippen LogP contribution in [0.5, 0.6) is 0 Å². The van der Waals surface area contributed by atoms with E-state index in [1.807, 2.05) is 10.8 Å². The molecule has 0 spiro atoms. The lowest BCUT2D eigenvalue weighted by atomic mass is 10.4. The monoisotopic (exact) mass is 126 g/mol. The van der Waals surface area contributed by atoms with Crippen LogP contribution in [0.25, 0.3) is 0 Å². The van der Waals surface area contributed by atoms with Crippen LogP contribution >= 0.6 is 0 Å². The molecule has 1 aromatic heterocycles. The van der Waals surface area contributed by atoms with Crippen molar-refractivity contribution >= 4 is 0 Å². The summed E-state index contributed by atoms with van der Waals surface area (Å²) in [5, 5.41) is 8.88. The number of aliphatic hydroxyl groups excluding tert-OH is 1. The molecule has 0 radical (unpaired) electrons. The Bertz CT molecular complexity index is 158. The predicted molar refractivity (Wildman–Crippen MR) is 33.9 cm³/mol. The number of hydrogen-bond donors (Lipinski definition) is 1. The summed E-state index contributed by atoms with van der Waals surface area (Å²) in [5.74, 6) is 0. The van der Waals surface area contributed by atoms with Gasteiger partial charge in [-0.15, -0.1) is 0 Å². The number of nitrogens with zero attached hydrogens (tertiary/aromatic N) is 2. The molecule has 1 atom stereocenters. The van der Waals surface area contributed by atoms with Crippen LogP contribution in [0, 0.1) is 0 Å². The van der Waals surface area contributed by atoms with E-state index in [4.69, 9.17) is 5.11 Å². The van der Waals surface area contributed by atoms with E-state index in [-0.39, 0.29) is 6.10 Å². The molecule has 0 aliphatic carbocycles. The van der Waals surface area contributed by atoms with Crippen LogP contribution in [0.1, 0.15) is 6.92 Å². The smallest absolute Gasteiger partial charge is 0.0946 e. The zero-order valence-corrected chi connectivity index (χ0v) is 5.36. The number of rotatable bonds is 2. The van der Waals surface area contributed by atoms with Gasteiger partial charge in [-0.1, -0.05) is 0 Å². The van der Waals surface area contributed by atoms with E-state index >= 15 is 0 Å². The molecule has 9 heavy (non-hydrogen) atoms. The Balaban J connectivity index is 2.48. The van der Waals surface area contributed by atoms with Gasteiger partial charge in [0.25, 0.3) is 0 Å². The van der Waals surface area contributed by atoms with Gasteiger partial charge in [-0.25, -0.2) is 4.98 Å². The van der Waals surface area contributed by atoms with Crippen molar-refractivity contribution in [3.05, 3.63) is 18.7 Å². The van der Waals surface area contributed by atoms with Crippen LogP contribution in [0.4, 0.5) is 0 Å². The van der Waals surface area contributed by atoms with Gasteiger partial charge in [0.05, 0.1) is 12.4 Å². The summed E-state index contributed by atoms with van der Waals surface area (Å²) in [6, 6.07) is 0. The fraction of sp³-hybridized carbons (Fsp3) is 0.500. The maximum atomic E-state index is 8.88. The number of hydrogen-bond acceptors (Lipinski definition) is 2. The van der Waals surface area contributed by atoms with Crippen LogP contribution in [0.2, 0.25) is 0 Å². The van der Waals surface area contributed by atoms with Gasteiger partial charge in [-0.05, 0) is 6.92 Å². The van der Waals surface area contributed by atoms with Crippen molar-refractivity contribution in [1.82, 2.24) is 9.55 Å². The Morgan fingerprint density at radius 3 is 3.00 bits per heavy atom. The minimum Gasteiger partial charge on any atom is -0.392 e. The van der Waals surface area contributed by atoms with Crippen LogP contribution in [0.15, 0.2) is 18.7 Å². The average molecular weight is 126 g/mol. The number of aliphatic hydroxyl groups is 1. The van der Waals surface area contributed by atoms with Crippen LogP contribution in [0.3, 0.4) is 0 Å². The molecule has 1 aromatic rings. The minimum absolute atomic E-state index is 0.292. The van der Waals surface area contributed by atoms with E-state index in [0.717, 1.165) is 0 Å². The average Bonchev–Trinajstić information content (AvgIpc) is 2.15. The molecule has 0 amide bonds. The fourth-order valence-corrected chi connectivity index (χ4v) is 0.700. The highest BCUT2D eigenvalue weighted by Crippen LogP contribution is 1.89. The first kappa shape index (κ1) is 6.29. The van der Waals surface area contributed by atoms with Gasteiger partial charge in [0.2, 0.25) is 0 Å². The summed E-state index contributed by atoms with van der Waals surface area (Å²) in [5.41, 5.74) is 0. The highest BCUT2D eigenvalue weighted by Gasteiger charge is 1.93. The number of imidazole rings is 1. The van der Waals surface area contributed by atoms with Crippen LogP contribution in [-0.4, -0.2) is 20.8 Å². The second-order valence-electron chi connectivity index (χ2n) is 2.11. The topological polar surface area (TPSA) is 38.0 Å². The Hall–Kier alpha value is -0.830. The largest absolute Gasteiger partial charge is 0.392 e. The van der Waals surface area contributed by atoms with Crippen molar-refractivity contribution in [2.75, 3.05) is 0 Å². The first-order valence-corrected chi connectivity index (χ1v) is 2.93. The predicted octanol–water partition coefficient (Wildman–Crippen LogP) is 0.264. The van der Waals surface area contributed by atoms with Gasteiger partial charge < -0.3 is 9.67 Å². The van der Waals surface area contributed by atoms with Gasteiger partial charge in [0.15, 0.2) is 0 Å². The van der Waals surface area contributed by atoms with Crippen LogP contribution in [-0.2, 0) is 6.54 Å². The standard InChI is InChI=1S/C6H10N2O/c1-6(9)4-8-3-2-7-5-8/h2-3,5-6,9H,4H2,1H3/t6-/m0/s1. The molecule has 0 bridgehead atoms. The molecule has 0 aromatic carbocycles. The quantitative estimate of drug-likeness (QED) is 0.617. The van der Waals surface area contributed by atoms with E-state index in [1.54, 1.807) is 19.4 Å². The van der Waals surface area contributed by atoms with E-state index in [9.17, 15) is 0 Å². The Morgan fingerprint density at radius 1 is 1.78 bits per heavy atom. The molecular weight excluding hydrogens is 116 g/mol. The molecule has 3 heteroatoms. The first-order valence-electron chi connectivity index (χ1n) is 2.93. The van der Waals surface area contributed by atoms with Gasteiger partial charge in [0, 0.05) is 18.9 Å². The highest BCUT2D eigenvalue weighted by molar-refractivity contribution is 4.74. The van der Waals surface area contributed by atoms with E-state index in [2.05, 4.69) is 4.98 Å². The van der Waals surface area contributed by atoms with E-state index in [1.165, 1.54) is 0 Å². The van der Waals surface area contributed by atoms with Gasteiger partial charge in [-0.2, -0.15) is 0 Å². The summed E-state index contributed by atoms with van der Waals surface area (Å²) in [4.78, 5) is 3.83. The van der Waals surface area contributed by atoms with Gasteiger partial charge in [0.1, 0.15) is 0 Å². The molecule has 50 valence electrons. The van der Waals surface area contributed by atoms with Crippen LogP contribution < -0.4 is 0 Å². The molecule has 0 aliphatic heterocycles. The van der Waals surface area contributed by atoms with Gasteiger partial charge >= 0.3 is 0 Å². The lowest BCUT2D eigenvalue weighted by Crippen LogP contribution is -2.09. The molecule has 0 aliphatic rings. The summed E-state index contributed by atoms with van der Waals surface area (Å²) < 4.78 is 1.84. The Kier molecular flexibility index (Phi) is 1.85. The van der Waals surface area contributed by atoms with Crippen molar-refractivity contribution < 1.29 is 5.11 Å². The van der Waals surface area contributed by atoms with Crippen molar-refractivity contribution in [3.8, 4) is 0 Å². The molecule has 1 rings (SSSR count). The summed E-state index contributed by atoms with van der Waals surface area (Å²) >= 11 is 0. The summed E-state index contributed by atoms with van der Waals surface area (Å²) in [6.07, 6.45) is 4.92. The lowest BCUT2D eigenvalue weighted by Gasteiger charge is -2.02. The van der Waals surface area contributed by atoms with Crippen molar-refractivity contribution in [2.45, 2.75) is 19.6 Å². The zero-order chi connectivity index (χ0) is 6.69. The minimum atomic E-state index is -0.292. The fourth-order valence-electron chi connectivity index (χ4n) is 0.700. The lowest BCUT2D eigenvalue weighted by molar-refractivity contribution is 0.173. The third-order valence-corrected chi connectivity index (χ3v) is 1.03. The SMILES string of the molecule is C[C@H](O)Cn1ccnc1. The highest BCUT2D eigenvalue weighted by atomic mass is 16.3. The van der Waals surface area contributed by atoms with Crippen molar-refractivity contribution in [3.63, 3.8) is 0 Å². The van der Waals surface area contributed by atoms with E-state index < -0.39 is 0 Å². The molecule has 0 saturated heterocycles. The van der Waals surface area contributed by atoms with E-state index in [0.29, 0.717) is 6.54 Å². The first-order chi connectivity index (χ1) is 4.29. The number of aromatic nitrogens is 2. The molecule has 1 heterocycles. The normalized spacial score (nSPS) is 13.6.